The van der Waals surface area contributed by atoms with Crippen LogP contribution in [-0.2, 0) is 20.8 Å². The number of hydroxylamine groups is 1. The number of nitrogens with zero attached hydrogens (tertiary/aromatic N) is 2. The molecule has 1 saturated heterocycles. The number of carbonyl (C=O) groups excluding carboxylic acids is 3. The summed E-state index contributed by atoms with van der Waals surface area (Å²) in [7, 11) is 0. The van der Waals surface area contributed by atoms with Crippen molar-refractivity contribution in [3.05, 3.63) is 60.4 Å². The van der Waals surface area contributed by atoms with Crippen LogP contribution in [0.25, 0.3) is 0 Å². The lowest BCUT2D eigenvalue weighted by Gasteiger charge is -2.42. The first-order valence-corrected chi connectivity index (χ1v) is 13.1. The molecule has 2 atom stereocenters. The van der Waals surface area contributed by atoms with Crippen molar-refractivity contribution >= 4 is 23.4 Å². The maximum atomic E-state index is 14.5. The van der Waals surface area contributed by atoms with Gasteiger partial charge >= 0.3 is 5.91 Å². The molecule has 2 heterocycles. The minimum Gasteiger partial charge on any atom is -0.321 e. The highest BCUT2D eigenvalue weighted by Crippen LogP contribution is 2.47. The van der Waals surface area contributed by atoms with Crippen molar-refractivity contribution in [1.29, 1.82) is 0 Å². The lowest BCUT2D eigenvalue weighted by molar-refractivity contribution is -0.866. The van der Waals surface area contributed by atoms with Gasteiger partial charge in [-0.3, -0.25) is 19.8 Å². The van der Waals surface area contributed by atoms with Crippen LogP contribution in [-0.4, -0.2) is 51.5 Å². The van der Waals surface area contributed by atoms with Crippen molar-refractivity contribution in [3.8, 4) is 0 Å². The van der Waals surface area contributed by atoms with Crippen LogP contribution in [0.4, 0.5) is 5.69 Å². The average molecular weight is 494 g/mol. The number of amides is 3. The van der Waals surface area contributed by atoms with Crippen molar-refractivity contribution < 1.29 is 24.1 Å². The van der Waals surface area contributed by atoms with Gasteiger partial charge < -0.3 is 5.32 Å². The first-order chi connectivity index (χ1) is 17.5. The lowest BCUT2D eigenvalue weighted by Crippen LogP contribution is -2.62. The molecule has 0 spiro atoms. The van der Waals surface area contributed by atoms with Gasteiger partial charge in [0.05, 0.1) is 18.0 Å². The van der Waals surface area contributed by atoms with Crippen molar-refractivity contribution in [2.45, 2.75) is 70.3 Å². The molecule has 3 N–H and O–H groups in total. The number of hydrogen-bond donors (Lipinski definition) is 3. The Bertz CT molecular complexity index is 1040. The summed E-state index contributed by atoms with van der Waals surface area (Å²) in [6.45, 7) is 0.602. The second-order valence-electron chi connectivity index (χ2n) is 10.4. The van der Waals surface area contributed by atoms with Crippen molar-refractivity contribution in [1.82, 2.24) is 10.5 Å². The van der Waals surface area contributed by atoms with Crippen LogP contribution < -0.4 is 10.8 Å². The van der Waals surface area contributed by atoms with Crippen LogP contribution in [0.1, 0.15) is 63.4 Å². The van der Waals surface area contributed by atoms with E-state index in [1.54, 1.807) is 30.0 Å². The van der Waals surface area contributed by atoms with Gasteiger partial charge in [0.2, 0.25) is 5.91 Å². The predicted octanol–water partition coefficient (Wildman–Crippen LogP) is 4.00. The van der Waals surface area contributed by atoms with Crippen LogP contribution in [0.3, 0.4) is 0 Å². The maximum Gasteiger partial charge on any atom is 0.321 e. The fraction of sp³-hybridized carbons (Fsp3) is 0.500. The number of anilines is 1. The number of aromatic nitrogens is 1. The van der Waals surface area contributed by atoms with E-state index < -0.39 is 11.3 Å². The van der Waals surface area contributed by atoms with Crippen LogP contribution >= 0.6 is 0 Å². The highest BCUT2D eigenvalue weighted by Gasteiger charge is 2.61. The second kappa shape index (κ2) is 11.8. The van der Waals surface area contributed by atoms with E-state index in [-0.39, 0.29) is 35.3 Å². The molecule has 1 aliphatic carbocycles. The first-order valence-electron chi connectivity index (χ1n) is 13.1. The van der Waals surface area contributed by atoms with Gasteiger partial charge in [-0.1, -0.05) is 36.8 Å². The third-order valence-electron chi connectivity index (χ3n) is 8.10. The molecule has 2 unspecified atom stereocenters. The zero-order valence-corrected chi connectivity index (χ0v) is 20.8. The Hall–Kier alpha value is -3.10. The number of benzene rings is 1. The van der Waals surface area contributed by atoms with E-state index >= 15 is 0 Å². The van der Waals surface area contributed by atoms with Crippen molar-refractivity contribution in [2.75, 3.05) is 18.4 Å². The van der Waals surface area contributed by atoms with E-state index in [9.17, 15) is 19.6 Å². The largest absolute Gasteiger partial charge is 0.321 e. The van der Waals surface area contributed by atoms with Gasteiger partial charge in [0.25, 0.3) is 5.91 Å². The van der Waals surface area contributed by atoms with Gasteiger partial charge in [-0.05, 0) is 62.6 Å². The number of rotatable bonds is 10. The van der Waals surface area contributed by atoms with Crippen LogP contribution in [0, 0.1) is 5.41 Å². The molecule has 192 valence electrons. The lowest BCUT2D eigenvalue weighted by atomic mass is 9.77. The molecule has 1 aromatic heterocycles. The number of likely N-dealkylation sites (tertiary alicyclic amines) is 1. The summed E-state index contributed by atoms with van der Waals surface area (Å²) in [5, 5.41) is 12.2. The predicted molar refractivity (Wildman–Crippen MR) is 136 cm³/mol. The van der Waals surface area contributed by atoms with E-state index in [1.807, 2.05) is 18.2 Å². The first kappa shape index (κ1) is 26.0. The summed E-state index contributed by atoms with van der Waals surface area (Å²) in [6.07, 6.45) is 10.9. The average Bonchev–Trinajstić information content (AvgIpc) is 3.17. The molecule has 8 heteroatoms. The number of quaternary nitrogens is 1. The van der Waals surface area contributed by atoms with Gasteiger partial charge in [-0.2, -0.15) is 0 Å². The minimum absolute atomic E-state index is 0.0176. The van der Waals surface area contributed by atoms with Crippen LogP contribution in [0.15, 0.2) is 54.9 Å². The van der Waals surface area contributed by atoms with Gasteiger partial charge in [0, 0.05) is 30.9 Å². The zero-order chi connectivity index (χ0) is 25.4. The molecule has 8 nitrogen and oxygen atoms in total. The van der Waals surface area contributed by atoms with Gasteiger partial charge in [0.15, 0.2) is 6.54 Å². The SMILES string of the molecule is O=C(CC1(CCCc2ccccc2)CC[N+](CC(=O)Nc2ccncc2)(C2CCCCC2)C1=O)NO. The molecule has 0 radical (unpaired) electrons. The van der Waals surface area contributed by atoms with E-state index in [1.165, 1.54) is 5.56 Å². The quantitative estimate of drug-likeness (QED) is 0.263. The van der Waals surface area contributed by atoms with Crippen LogP contribution in [0.2, 0.25) is 0 Å². The Morgan fingerprint density at radius 1 is 1.03 bits per heavy atom. The minimum atomic E-state index is -0.893. The van der Waals surface area contributed by atoms with E-state index in [2.05, 4.69) is 22.4 Å². The molecule has 2 aliphatic rings. The summed E-state index contributed by atoms with van der Waals surface area (Å²) in [4.78, 5) is 44.1. The second-order valence-corrected chi connectivity index (χ2v) is 10.4. The monoisotopic (exact) mass is 493 g/mol. The smallest absolute Gasteiger partial charge is 0.321 e. The molecule has 4 rings (SSSR count). The summed E-state index contributed by atoms with van der Waals surface area (Å²) < 4.78 is 0.0982. The third-order valence-corrected chi connectivity index (χ3v) is 8.10. The zero-order valence-electron chi connectivity index (χ0n) is 20.8. The Kier molecular flexibility index (Phi) is 8.48. The highest BCUT2D eigenvalue weighted by atomic mass is 16.5. The Morgan fingerprint density at radius 3 is 2.44 bits per heavy atom. The third kappa shape index (κ3) is 5.82. The molecule has 2 aromatic rings. The van der Waals surface area contributed by atoms with E-state index in [0.29, 0.717) is 25.1 Å². The van der Waals surface area contributed by atoms with Gasteiger partial charge in [0.1, 0.15) is 0 Å². The molecular weight excluding hydrogens is 456 g/mol. The summed E-state index contributed by atoms with van der Waals surface area (Å²) in [5.74, 6) is -0.768. The van der Waals surface area contributed by atoms with Crippen LogP contribution in [0.5, 0.6) is 0 Å². The molecule has 3 amide bonds. The van der Waals surface area contributed by atoms with Crippen molar-refractivity contribution in [2.24, 2.45) is 5.41 Å². The van der Waals surface area contributed by atoms with Crippen molar-refractivity contribution in [3.63, 3.8) is 0 Å². The van der Waals surface area contributed by atoms with Gasteiger partial charge in [-0.15, -0.1) is 0 Å². The Morgan fingerprint density at radius 2 is 1.75 bits per heavy atom. The molecule has 36 heavy (non-hydrogen) atoms. The molecule has 1 aliphatic heterocycles. The molecular formula is C28H37N4O4+. The number of carbonyl (C=O) groups is 3. The van der Waals surface area contributed by atoms with E-state index in [0.717, 1.165) is 44.9 Å². The number of nitrogens with one attached hydrogen (secondary N) is 2. The number of aryl methyl sites for hydroxylation is 1. The maximum absolute atomic E-state index is 14.5. The normalized spacial score (nSPS) is 24.4. The molecule has 1 saturated carbocycles. The number of pyridine rings is 1. The van der Waals surface area contributed by atoms with Gasteiger partial charge in [-0.25, -0.2) is 14.8 Å². The molecule has 0 bridgehead atoms. The number of hydrogen-bond acceptors (Lipinski definition) is 5. The molecule has 2 fully saturated rings. The highest BCUT2D eigenvalue weighted by molar-refractivity contribution is 5.94. The van der Waals surface area contributed by atoms with E-state index in [4.69, 9.17) is 0 Å². The fourth-order valence-electron chi connectivity index (χ4n) is 6.30. The standard InChI is InChI=1S/C28H36N4O4/c33-25(31-36)20-28(15-7-10-22-8-3-1-4-9-22)16-19-32(27(28)35,24-11-5-2-6-12-24)21-26(34)30-23-13-17-29-18-14-23/h1,3-4,8-9,13-14,17-18,24H,2,5-7,10-12,15-16,19-21H2,(H2-,29,30,31,33,34,36)/p+1. The summed E-state index contributed by atoms with van der Waals surface area (Å²) in [5.41, 5.74) is 2.69. The summed E-state index contributed by atoms with van der Waals surface area (Å²) >= 11 is 0. The summed E-state index contributed by atoms with van der Waals surface area (Å²) in [6, 6.07) is 13.6. The fourth-order valence-corrected chi connectivity index (χ4v) is 6.30. The molecule has 1 aromatic carbocycles. The Labute approximate surface area is 212 Å². The topological polar surface area (TPSA) is 108 Å². The Balaban J connectivity index is 1.58.